The Bertz CT molecular complexity index is 718. The third kappa shape index (κ3) is 3.84. The molecular weight excluding hydrogens is 340 g/mol. The lowest BCUT2D eigenvalue weighted by Crippen LogP contribution is -2.53. The van der Waals surface area contributed by atoms with Crippen molar-refractivity contribution in [2.24, 2.45) is 16.6 Å². The lowest BCUT2D eigenvalue weighted by atomic mass is 9.75. The van der Waals surface area contributed by atoms with Gasteiger partial charge in [-0.15, -0.1) is 0 Å². The molecule has 6 nitrogen and oxygen atoms in total. The lowest BCUT2D eigenvalue weighted by Gasteiger charge is -2.40. The highest BCUT2D eigenvalue weighted by molar-refractivity contribution is 6.06. The van der Waals surface area contributed by atoms with Crippen molar-refractivity contribution in [3.05, 3.63) is 35.9 Å². The zero-order valence-electron chi connectivity index (χ0n) is 16.4. The van der Waals surface area contributed by atoms with Gasteiger partial charge in [0.05, 0.1) is 6.42 Å². The van der Waals surface area contributed by atoms with E-state index in [0.717, 1.165) is 37.8 Å². The van der Waals surface area contributed by atoms with Crippen molar-refractivity contribution >= 4 is 17.8 Å². The molecule has 0 bridgehead atoms. The summed E-state index contributed by atoms with van der Waals surface area (Å²) in [4.78, 5) is 33.9. The summed E-state index contributed by atoms with van der Waals surface area (Å²) >= 11 is 0. The number of likely N-dealkylation sites (N-methyl/N-ethyl adjacent to an activating group) is 1. The maximum absolute atomic E-state index is 13.0. The molecule has 0 saturated carbocycles. The summed E-state index contributed by atoms with van der Waals surface area (Å²) in [6, 6.07) is 9.80. The maximum Gasteiger partial charge on any atom is 0.257 e. The van der Waals surface area contributed by atoms with Crippen LogP contribution in [0.4, 0.5) is 0 Å². The summed E-state index contributed by atoms with van der Waals surface area (Å²) in [6.07, 6.45) is 4.80. The number of guanidine groups is 1. The maximum atomic E-state index is 13.0. The fourth-order valence-electron chi connectivity index (χ4n) is 4.28. The van der Waals surface area contributed by atoms with Crippen LogP contribution in [-0.2, 0) is 16.0 Å². The highest BCUT2D eigenvalue weighted by atomic mass is 16.2. The molecule has 2 heterocycles. The zero-order chi connectivity index (χ0) is 19.4. The third-order valence-corrected chi connectivity index (χ3v) is 5.89. The van der Waals surface area contributed by atoms with Gasteiger partial charge < -0.3 is 10.6 Å². The van der Waals surface area contributed by atoms with E-state index in [1.165, 1.54) is 4.90 Å². The number of aliphatic imine (C=N–C) groups is 1. The van der Waals surface area contributed by atoms with Crippen LogP contribution in [-0.4, -0.2) is 53.2 Å². The van der Waals surface area contributed by atoms with Crippen molar-refractivity contribution < 1.29 is 9.59 Å². The van der Waals surface area contributed by atoms with Gasteiger partial charge in [0.15, 0.2) is 5.96 Å². The van der Waals surface area contributed by atoms with Crippen LogP contribution in [0.2, 0.25) is 0 Å². The number of piperidine rings is 1. The average Bonchev–Trinajstić information content (AvgIpc) is 2.92. The Kier molecular flexibility index (Phi) is 5.82. The third-order valence-electron chi connectivity index (χ3n) is 5.89. The van der Waals surface area contributed by atoms with E-state index in [-0.39, 0.29) is 17.7 Å². The lowest BCUT2D eigenvalue weighted by molar-refractivity contribution is -0.138. The van der Waals surface area contributed by atoms with Gasteiger partial charge in [0, 0.05) is 26.1 Å². The highest BCUT2D eigenvalue weighted by Gasteiger charge is 2.52. The number of amides is 2. The number of rotatable bonds is 6. The Morgan fingerprint density at radius 3 is 2.70 bits per heavy atom. The van der Waals surface area contributed by atoms with E-state index in [4.69, 9.17) is 5.73 Å². The fourth-order valence-corrected chi connectivity index (χ4v) is 4.28. The van der Waals surface area contributed by atoms with Gasteiger partial charge >= 0.3 is 0 Å². The Labute approximate surface area is 161 Å². The molecule has 6 heteroatoms. The Hall–Kier alpha value is -2.37. The standard InChI is InChI=1S/C21H30N4O2/c1-3-4-12-21(19(27)24(2)20(22)23-21)17-11-8-13-25(15-17)18(26)14-16-9-6-5-7-10-16/h5-7,9-10,17H,3-4,8,11-15H2,1-2H3,(H2,22,23)/t17-,21-/m1/s1. The number of carbonyl (C=O) groups is 2. The predicted octanol–water partition coefficient (Wildman–Crippen LogP) is 2.18. The second-order valence-electron chi connectivity index (χ2n) is 7.70. The SMILES string of the molecule is CCCC[C@]1([C@@H]2CCCN(C(=O)Cc3ccccc3)C2)N=C(N)N(C)C1=O. The molecular formula is C21H30N4O2. The van der Waals surface area contributed by atoms with Crippen LogP contribution in [0.15, 0.2) is 35.3 Å². The zero-order valence-corrected chi connectivity index (χ0v) is 16.4. The molecule has 2 N–H and O–H groups in total. The van der Waals surface area contributed by atoms with Crippen LogP contribution in [0.1, 0.15) is 44.6 Å². The van der Waals surface area contributed by atoms with Gasteiger partial charge in [0.2, 0.25) is 5.91 Å². The monoisotopic (exact) mass is 370 g/mol. The number of hydrogen-bond donors (Lipinski definition) is 1. The van der Waals surface area contributed by atoms with Crippen molar-refractivity contribution in [2.75, 3.05) is 20.1 Å². The number of likely N-dealkylation sites (tertiary alicyclic amines) is 1. The molecule has 1 aromatic rings. The van der Waals surface area contributed by atoms with Gasteiger partial charge in [-0.05, 0) is 24.8 Å². The molecule has 1 saturated heterocycles. The summed E-state index contributed by atoms with van der Waals surface area (Å²) in [5.74, 6) is 0.417. The van der Waals surface area contributed by atoms with Crippen LogP contribution >= 0.6 is 0 Å². The molecule has 27 heavy (non-hydrogen) atoms. The minimum Gasteiger partial charge on any atom is -0.369 e. The van der Waals surface area contributed by atoms with Gasteiger partial charge in [0.1, 0.15) is 5.54 Å². The number of benzene rings is 1. The van der Waals surface area contributed by atoms with Gasteiger partial charge in [0.25, 0.3) is 5.91 Å². The molecule has 0 aliphatic carbocycles. The molecule has 0 unspecified atom stereocenters. The van der Waals surface area contributed by atoms with Gasteiger partial charge in [-0.1, -0.05) is 50.1 Å². The summed E-state index contributed by atoms with van der Waals surface area (Å²) in [6.45, 7) is 3.43. The van der Waals surface area contributed by atoms with Crippen LogP contribution < -0.4 is 5.73 Å². The number of hydrogen-bond acceptors (Lipinski definition) is 4. The van der Waals surface area contributed by atoms with E-state index in [1.54, 1.807) is 7.05 Å². The molecule has 1 fully saturated rings. The smallest absolute Gasteiger partial charge is 0.257 e. The van der Waals surface area contributed by atoms with Crippen molar-refractivity contribution in [3.8, 4) is 0 Å². The number of carbonyl (C=O) groups excluding carboxylic acids is 2. The minimum absolute atomic E-state index is 0.0178. The molecule has 0 aromatic heterocycles. The normalized spacial score (nSPS) is 25.6. The number of nitrogens with two attached hydrogens (primary N) is 1. The summed E-state index contributed by atoms with van der Waals surface area (Å²) in [5, 5.41) is 0. The van der Waals surface area contributed by atoms with Crippen molar-refractivity contribution in [1.29, 1.82) is 0 Å². The van der Waals surface area contributed by atoms with E-state index in [0.29, 0.717) is 25.3 Å². The highest BCUT2D eigenvalue weighted by Crippen LogP contribution is 2.39. The Morgan fingerprint density at radius 1 is 1.33 bits per heavy atom. The van der Waals surface area contributed by atoms with E-state index < -0.39 is 5.54 Å². The second-order valence-corrected chi connectivity index (χ2v) is 7.70. The minimum atomic E-state index is -0.805. The van der Waals surface area contributed by atoms with E-state index in [2.05, 4.69) is 11.9 Å². The molecule has 3 rings (SSSR count). The van der Waals surface area contributed by atoms with Crippen LogP contribution in [0.5, 0.6) is 0 Å². The predicted molar refractivity (Wildman–Crippen MR) is 106 cm³/mol. The molecule has 146 valence electrons. The first-order chi connectivity index (χ1) is 13.0. The van der Waals surface area contributed by atoms with E-state index >= 15 is 0 Å². The number of nitrogens with zero attached hydrogens (tertiary/aromatic N) is 3. The van der Waals surface area contributed by atoms with Crippen molar-refractivity contribution in [3.63, 3.8) is 0 Å². The molecule has 2 amide bonds. The topological polar surface area (TPSA) is 79.0 Å². The van der Waals surface area contributed by atoms with Gasteiger partial charge in [-0.3, -0.25) is 14.5 Å². The van der Waals surface area contributed by atoms with Crippen LogP contribution in [0, 0.1) is 5.92 Å². The molecule has 1 aromatic carbocycles. The Balaban J connectivity index is 1.77. The molecule has 2 aliphatic rings. The van der Waals surface area contributed by atoms with Crippen molar-refractivity contribution in [2.45, 2.75) is 51.0 Å². The summed E-state index contributed by atoms with van der Waals surface area (Å²) in [7, 11) is 1.69. The molecule has 0 radical (unpaired) electrons. The number of unbranched alkanes of at least 4 members (excludes halogenated alkanes) is 1. The molecule has 2 atom stereocenters. The van der Waals surface area contributed by atoms with Gasteiger partial charge in [-0.2, -0.15) is 0 Å². The summed E-state index contributed by atoms with van der Waals surface area (Å²) in [5.41, 5.74) is 6.21. The van der Waals surface area contributed by atoms with E-state index in [1.807, 2.05) is 35.2 Å². The second kappa shape index (κ2) is 8.11. The van der Waals surface area contributed by atoms with Crippen molar-refractivity contribution in [1.82, 2.24) is 9.80 Å². The summed E-state index contributed by atoms with van der Waals surface area (Å²) < 4.78 is 0. The van der Waals surface area contributed by atoms with Crippen LogP contribution in [0.25, 0.3) is 0 Å². The molecule has 2 aliphatic heterocycles. The largest absolute Gasteiger partial charge is 0.369 e. The van der Waals surface area contributed by atoms with E-state index in [9.17, 15) is 9.59 Å². The first-order valence-electron chi connectivity index (χ1n) is 9.93. The quantitative estimate of drug-likeness (QED) is 0.834. The molecule has 0 spiro atoms. The first kappa shape index (κ1) is 19.4. The first-order valence-corrected chi connectivity index (χ1v) is 9.93. The Morgan fingerprint density at radius 2 is 2.07 bits per heavy atom. The fraction of sp³-hybridized carbons (Fsp3) is 0.571. The van der Waals surface area contributed by atoms with Gasteiger partial charge in [-0.25, -0.2) is 4.99 Å². The van der Waals surface area contributed by atoms with Crippen LogP contribution in [0.3, 0.4) is 0 Å². The average molecular weight is 370 g/mol.